The third kappa shape index (κ3) is 9.34. The molecule has 2 aliphatic heterocycles. The first-order valence-corrected chi connectivity index (χ1v) is 14.4. The summed E-state index contributed by atoms with van der Waals surface area (Å²) in [5, 5.41) is 22.7. The SMILES string of the molecule is CC[C@@H](NC(=O)[C@@H]1CNC[C@H](N2CC(=O)N(c3ccccc3Cl)CC2(C)C)C1)c1cccc(F)c1.O=C(O)/C=C/C(=O)O. The predicted octanol–water partition coefficient (Wildman–Crippen LogP) is 3.86. The van der Waals surface area contributed by atoms with Gasteiger partial charge in [0.05, 0.1) is 29.2 Å². The number of aliphatic carboxylic acids is 2. The van der Waals surface area contributed by atoms with Crippen molar-refractivity contribution in [1.82, 2.24) is 15.5 Å². The molecule has 2 aromatic carbocycles. The summed E-state index contributed by atoms with van der Waals surface area (Å²) in [6.07, 6.45) is 2.44. The zero-order chi connectivity index (χ0) is 31.7. The minimum absolute atomic E-state index is 0.00107. The molecule has 0 aliphatic carbocycles. The highest BCUT2D eigenvalue weighted by atomic mass is 35.5. The molecule has 43 heavy (non-hydrogen) atoms. The van der Waals surface area contributed by atoms with Crippen LogP contribution in [0.15, 0.2) is 60.7 Å². The third-order valence-corrected chi connectivity index (χ3v) is 7.88. The average molecular weight is 617 g/mol. The number of piperazine rings is 1. The highest BCUT2D eigenvalue weighted by Crippen LogP contribution is 2.34. The van der Waals surface area contributed by atoms with Gasteiger partial charge in [0.2, 0.25) is 11.8 Å². The number of carboxylic acids is 2. The normalized spacial score (nSPS) is 21.0. The molecule has 2 saturated heterocycles. The maximum absolute atomic E-state index is 13.7. The van der Waals surface area contributed by atoms with E-state index < -0.39 is 11.9 Å². The summed E-state index contributed by atoms with van der Waals surface area (Å²) < 4.78 is 13.7. The smallest absolute Gasteiger partial charge is 0.328 e. The molecule has 10 nitrogen and oxygen atoms in total. The second kappa shape index (κ2) is 15.1. The molecule has 2 aliphatic rings. The fraction of sp³-hybridized carbons (Fsp3) is 0.419. The standard InChI is InChI=1S/C27H34ClFN4O2.C4H4O4/c1-4-23(18-8-7-9-20(29)12-18)31-26(35)19-13-21(15-30-14-19)33-16-25(34)32(17-27(33,2)3)24-11-6-5-10-22(24)28;5-3(6)1-2-4(7)8/h5-12,19,21,23,30H,4,13-17H2,1-3H3,(H,31,35);1-2H,(H,5,6)(H,7,8)/b;2-1+/t19-,21+,23+;/m0./s1. The van der Waals surface area contributed by atoms with Crippen LogP contribution < -0.4 is 15.5 Å². The number of rotatable bonds is 8. The summed E-state index contributed by atoms with van der Waals surface area (Å²) in [5.41, 5.74) is 1.20. The molecule has 0 saturated carbocycles. The van der Waals surface area contributed by atoms with Crippen LogP contribution in [0.1, 0.15) is 45.2 Å². The number of hydrogen-bond acceptors (Lipinski definition) is 6. The Kier molecular flexibility index (Phi) is 11.8. The molecule has 0 radical (unpaired) electrons. The molecule has 2 fully saturated rings. The number of hydrogen-bond donors (Lipinski definition) is 4. The van der Waals surface area contributed by atoms with Gasteiger partial charge in [0.1, 0.15) is 5.82 Å². The first-order chi connectivity index (χ1) is 20.3. The number of para-hydroxylation sites is 1. The minimum Gasteiger partial charge on any atom is -0.478 e. The number of carbonyl (C=O) groups excluding carboxylic acids is 2. The molecule has 4 N–H and O–H groups in total. The van der Waals surface area contributed by atoms with Gasteiger partial charge >= 0.3 is 11.9 Å². The van der Waals surface area contributed by atoms with Gasteiger partial charge in [0, 0.05) is 43.4 Å². The molecule has 3 atom stereocenters. The molecule has 0 bridgehead atoms. The number of anilines is 1. The van der Waals surface area contributed by atoms with Gasteiger partial charge in [0.15, 0.2) is 0 Å². The van der Waals surface area contributed by atoms with Gasteiger partial charge < -0.3 is 25.7 Å². The predicted molar refractivity (Wildman–Crippen MR) is 161 cm³/mol. The van der Waals surface area contributed by atoms with Crippen LogP contribution in [0, 0.1) is 11.7 Å². The Balaban J connectivity index is 0.000000557. The van der Waals surface area contributed by atoms with Crippen LogP contribution in [0.5, 0.6) is 0 Å². The fourth-order valence-electron chi connectivity index (χ4n) is 5.46. The molecular formula is C31H38ClFN4O6. The topological polar surface area (TPSA) is 139 Å². The Morgan fingerprint density at radius 3 is 2.40 bits per heavy atom. The molecule has 2 amide bonds. The van der Waals surface area contributed by atoms with Crippen LogP contribution in [0.25, 0.3) is 0 Å². The summed E-state index contributed by atoms with van der Waals surface area (Å²) in [7, 11) is 0. The zero-order valence-electron chi connectivity index (χ0n) is 24.4. The Bertz CT molecular complexity index is 1340. The molecule has 0 spiro atoms. The van der Waals surface area contributed by atoms with Gasteiger partial charge in [0.25, 0.3) is 0 Å². The Hall–Kier alpha value is -3.80. The number of carboxylic acid groups (broad SMARTS) is 2. The average Bonchev–Trinajstić information content (AvgIpc) is 2.96. The lowest BCUT2D eigenvalue weighted by molar-refractivity contribution is -0.134. The third-order valence-electron chi connectivity index (χ3n) is 7.56. The van der Waals surface area contributed by atoms with Crippen molar-refractivity contribution in [2.75, 3.05) is 31.1 Å². The maximum Gasteiger partial charge on any atom is 0.328 e. The maximum atomic E-state index is 13.7. The van der Waals surface area contributed by atoms with Gasteiger partial charge in [-0.15, -0.1) is 0 Å². The van der Waals surface area contributed by atoms with Gasteiger partial charge in [-0.25, -0.2) is 14.0 Å². The summed E-state index contributed by atoms with van der Waals surface area (Å²) in [5.74, 6) is -3.10. The number of nitrogens with one attached hydrogen (secondary N) is 2. The van der Waals surface area contributed by atoms with E-state index in [2.05, 4.69) is 29.4 Å². The molecule has 12 heteroatoms. The van der Waals surface area contributed by atoms with E-state index in [-0.39, 0.29) is 47.7 Å². The number of halogens is 2. The summed E-state index contributed by atoms with van der Waals surface area (Å²) >= 11 is 6.38. The zero-order valence-corrected chi connectivity index (χ0v) is 25.2. The van der Waals surface area contributed by atoms with E-state index >= 15 is 0 Å². The van der Waals surface area contributed by atoms with Crippen molar-refractivity contribution in [3.05, 3.63) is 77.1 Å². The van der Waals surface area contributed by atoms with E-state index in [4.69, 9.17) is 21.8 Å². The highest BCUT2D eigenvalue weighted by molar-refractivity contribution is 6.33. The van der Waals surface area contributed by atoms with E-state index in [9.17, 15) is 23.6 Å². The monoisotopic (exact) mass is 616 g/mol. The van der Waals surface area contributed by atoms with E-state index in [0.29, 0.717) is 49.7 Å². The molecule has 232 valence electrons. The lowest BCUT2D eigenvalue weighted by Crippen LogP contribution is -2.67. The van der Waals surface area contributed by atoms with Crippen molar-refractivity contribution in [3.63, 3.8) is 0 Å². The minimum atomic E-state index is -1.26. The Morgan fingerprint density at radius 1 is 1.12 bits per heavy atom. The molecule has 2 heterocycles. The van der Waals surface area contributed by atoms with Crippen LogP contribution >= 0.6 is 11.6 Å². The quantitative estimate of drug-likeness (QED) is 0.328. The summed E-state index contributed by atoms with van der Waals surface area (Å²) in [4.78, 5) is 49.5. The number of carbonyl (C=O) groups is 4. The van der Waals surface area contributed by atoms with Crippen LogP contribution in [-0.4, -0.2) is 76.6 Å². The van der Waals surface area contributed by atoms with Gasteiger partial charge in [-0.05, 0) is 56.5 Å². The van der Waals surface area contributed by atoms with Crippen LogP contribution in [0.3, 0.4) is 0 Å². The number of nitrogens with zero attached hydrogens (tertiary/aromatic N) is 2. The molecular weight excluding hydrogens is 579 g/mol. The van der Waals surface area contributed by atoms with Crippen molar-refractivity contribution in [2.45, 2.75) is 51.2 Å². The largest absolute Gasteiger partial charge is 0.478 e. The fourth-order valence-corrected chi connectivity index (χ4v) is 5.70. The number of benzene rings is 2. The van der Waals surface area contributed by atoms with E-state index in [1.54, 1.807) is 17.0 Å². The van der Waals surface area contributed by atoms with Gasteiger partial charge in [-0.1, -0.05) is 42.8 Å². The van der Waals surface area contributed by atoms with Crippen LogP contribution in [0.2, 0.25) is 5.02 Å². The van der Waals surface area contributed by atoms with E-state index in [1.165, 1.54) is 12.1 Å². The molecule has 0 aromatic heterocycles. The summed E-state index contributed by atoms with van der Waals surface area (Å²) in [6.45, 7) is 8.31. The van der Waals surface area contributed by atoms with E-state index in [0.717, 1.165) is 11.3 Å². The van der Waals surface area contributed by atoms with Crippen LogP contribution in [-0.2, 0) is 19.2 Å². The first kappa shape index (κ1) is 33.7. The van der Waals surface area contributed by atoms with Crippen molar-refractivity contribution in [2.24, 2.45) is 5.92 Å². The Morgan fingerprint density at radius 2 is 1.79 bits per heavy atom. The van der Waals surface area contributed by atoms with Gasteiger partial charge in [-0.3, -0.25) is 14.5 Å². The highest BCUT2D eigenvalue weighted by Gasteiger charge is 2.44. The van der Waals surface area contributed by atoms with Crippen molar-refractivity contribution >= 4 is 41.0 Å². The second-order valence-electron chi connectivity index (χ2n) is 11.2. The number of piperidine rings is 1. The lowest BCUT2D eigenvalue weighted by Gasteiger charge is -2.51. The first-order valence-electron chi connectivity index (χ1n) is 14.0. The van der Waals surface area contributed by atoms with Gasteiger partial charge in [-0.2, -0.15) is 0 Å². The molecule has 0 unspecified atom stereocenters. The van der Waals surface area contributed by atoms with E-state index in [1.807, 2.05) is 31.2 Å². The van der Waals surface area contributed by atoms with Crippen molar-refractivity contribution < 1.29 is 33.8 Å². The van der Waals surface area contributed by atoms with Crippen molar-refractivity contribution in [3.8, 4) is 0 Å². The molecule has 4 rings (SSSR count). The Labute approximate surface area is 255 Å². The lowest BCUT2D eigenvalue weighted by atomic mass is 9.88. The molecule has 2 aromatic rings. The summed E-state index contributed by atoms with van der Waals surface area (Å²) in [6, 6.07) is 13.6. The van der Waals surface area contributed by atoms with Crippen molar-refractivity contribution in [1.29, 1.82) is 0 Å². The van der Waals surface area contributed by atoms with Crippen LogP contribution in [0.4, 0.5) is 10.1 Å². The number of amides is 2. The second-order valence-corrected chi connectivity index (χ2v) is 11.6.